The summed E-state index contributed by atoms with van der Waals surface area (Å²) in [6.07, 6.45) is 0.712. The normalized spacial score (nSPS) is 14.9. The summed E-state index contributed by atoms with van der Waals surface area (Å²) in [5.41, 5.74) is 1.67. The lowest BCUT2D eigenvalue weighted by molar-refractivity contribution is -0.130. The number of sulfonamides is 1. The molecular formula is C22H26ClN3O4S. The average molecular weight is 464 g/mol. The highest BCUT2D eigenvalue weighted by Crippen LogP contribution is 2.20. The van der Waals surface area contributed by atoms with Gasteiger partial charge in [-0.3, -0.25) is 9.59 Å². The van der Waals surface area contributed by atoms with Crippen molar-refractivity contribution in [3.63, 3.8) is 0 Å². The molecule has 0 bridgehead atoms. The number of carbonyl (C=O) groups excluding carboxylic acids is 2. The van der Waals surface area contributed by atoms with E-state index < -0.39 is 10.0 Å². The van der Waals surface area contributed by atoms with Gasteiger partial charge in [-0.15, -0.1) is 0 Å². The number of benzene rings is 2. The molecule has 2 aromatic rings. The summed E-state index contributed by atoms with van der Waals surface area (Å²) in [7, 11) is -3.78. The Morgan fingerprint density at radius 1 is 1.00 bits per heavy atom. The molecule has 2 aromatic carbocycles. The second-order valence-electron chi connectivity index (χ2n) is 7.47. The van der Waals surface area contributed by atoms with Crippen LogP contribution in [0.15, 0.2) is 53.4 Å². The van der Waals surface area contributed by atoms with E-state index in [9.17, 15) is 18.0 Å². The highest BCUT2D eigenvalue weighted by molar-refractivity contribution is 7.89. The lowest BCUT2D eigenvalue weighted by atomic mass is 10.1. The maximum atomic E-state index is 12.8. The molecule has 7 nitrogen and oxygen atoms in total. The summed E-state index contributed by atoms with van der Waals surface area (Å²) >= 11 is 5.96. The first kappa shape index (κ1) is 23.2. The van der Waals surface area contributed by atoms with Crippen LogP contribution in [-0.4, -0.2) is 62.8 Å². The summed E-state index contributed by atoms with van der Waals surface area (Å²) in [6, 6.07) is 13.6. The van der Waals surface area contributed by atoms with Crippen molar-refractivity contribution < 1.29 is 18.0 Å². The van der Waals surface area contributed by atoms with Gasteiger partial charge >= 0.3 is 0 Å². The fraction of sp³-hybridized carbons (Fsp3) is 0.364. The zero-order valence-electron chi connectivity index (χ0n) is 17.4. The van der Waals surface area contributed by atoms with Crippen LogP contribution in [0.3, 0.4) is 0 Å². The highest BCUT2D eigenvalue weighted by atomic mass is 35.5. The largest absolute Gasteiger partial charge is 0.341 e. The van der Waals surface area contributed by atoms with Gasteiger partial charge in [0.05, 0.1) is 5.02 Å². The molecule has 1 aliphatic heterocycles. The minimum atomic E-state index is -3.78. The second kappa shape index (κ2) is 10.3. The number of aryl methyl sites for hydroxylation is 1. The van der Waals surface area contributed by atoms with Crippen molar-refractivity contribution in [1.29, 1.82) is 0 Å². The minimum Gasteiger partial charge on any atom is -0.341 e. The number of hydrogen-bond donors (Lipinski definition) is 1. The maximum absolute atomic E-state index is 12.8. The lowest BCUT2D eigenvalue weighted by Gasteiger charge is -2.22. The fourth-order valence-corrected chi connectivity index (χ4v) is 5.07. The minimum absolute atomic E-state index is 0.0100. The van der Waals surface area contributed by atoms with Crippen molar-refractivity contribution in [2.75, 3.05) is 32.7 Å². The third-order valence-corrected chi connectivity index (χ3v) is 7.12. The molecule has 1 N–H and O–H groups in total. The number of amides is 2. The van der Waals surface area contributed by atoms with Gasteiger partial charge in [0.25, 0.3) is 5.91 Å². The molecule has 0 atom stereocenters. The van der Waals surface area contributed by atoms with Gasteiger partial charge in [0, 0.05) is 44.7 Å². The molecule has 31 heavy (non-hydrogen) atoms. The van der Waals surface area contributed by atoms with Crippen LogP contribution in [0.5, 0.6) is 0 Å². The van der Waals surface area contributed by atoms with Crippen molar-refractivity contribution in [2.45, 2.75) is 24.7 Å². The zero-order chi connectivity index (χ0) is 22.4. The Kier molecular flexibility index (Phi) is 7.69. The van der Waals surface area contributed by atoms with Crippen molar-refractivity contribution in [1.82, 2.24) is 14.5 Å². The Balaban J connectivity index is 1.52. The second-order valence-corrected chi connectivity index (χ2v) is 9.62. The van der Waals surface area contributed by atoms with Crippen LogP contribution in [-0.2, 0) is 14.8 Å². The molecule has 1 saturated heterocycles. The first-order valence-electron chi connectivity index (χ1n) is 10.2. The van der Waals surface area contributed by atoms with Crippen molar-refractivity contribution in [3.8, 4) is 0 Å². The van der Waals surface area contributed by atoms with Gasteiger partial charge in [0.1, 0.15) is 4.90 Å². The SMILES string of the molecule is Cc1cccc(C(=O)N2CCCN(C(=O)CCNS(=O)(=O)c3ccccc3Cl)CC2)c1. The Bertz CT molecular complexity index is 1060. The topological polar surface area (TPSA) is 86.8 Å². The third-order valence-electron chi connectivity index (χ3n) is 5.16. The molecule has 1 fully saturated rings. The van der Waals surface area contributed by atoms with Crippen LogP contribution >= 0.6 is 11.6 Å². The smallest absolute Gasteiger partial charge is 0.253 e. The molecule has 0 unspecified atom stereocenters. The molecule has 0 radical (unpaired) electrons. The van der Waals surface area contributed by atoms with E-state index in [-0.39, 0.29) is 34.7 Å². The maximum Gasteiger partial charge on any atom is 0.253 e. The van der Waals surface area contributed by atoms with E-state index in [1.54, 1.807) is 28.0 Å². The Morgan fingerprint density at radius 2 is 1.71 bits per heavy atom. The number of halogens is 1. The van der Waals surface area contributed by atoms with Gasteiger partial charge < -0.3 is 9.80 Å². The van der Waals surface area contributed by atoms with E-state index in [0.717, 1.165) is 5.56 Å². The van der Waals surface area contributed by atoms with Crippen molar-refractivity contribution in [3.05, 3.63) is 64.7 Å². The number of rotatable bonds is 6. The molecule has 166 valence electrons. The number of nitrogens with zero attached hydrogens (tertiary/aromatic N) is 2. The Morgan fingerprint density at radius 3 is 2.45 bits per heavy atom. The zero-order valence-corrected chi connectivity index (χ0v) is 19.0. The lowest BCUT2D eigenvalue weighted by Crippen LogP contribution is -2.38. The fourth-order valence-electron chi connectivity index (χ4n) is 3.52. The van der Waals surface area contributed by atoms with Crippen LogP contribution in [0.25, 0.3) is 0 Å². The Labute approximate surface area is 188 Å². The third kappa shape index (κ3) is 6.06. The first-order valence-corrected chi connectivity index (χ1v) is 12.0. The molecule has 0 aliphatic carbocycles. The van der Waals surface area contributed by atoms with Gasteiger partial charge in [-0.1, -0.05) is 41.4 Å². The van der Waals surface area contributed by atoms with E-state index in [4.69, 9.17) is 11.6 Å². The van der Waals surface area contributed by atoms with Gasteiger partial charge in [-0.05, 0) is 37.6 Å². The van der Waals surface area contributed by atoms with E-state index in [2.05, 4.69) is 4.72 Å². The van der Waals surface area contributed by atoms with Crippen LogP contribution in [0, 0.1) is 6.92 Å². The van der Waals surface area contributed by atoms with Gasteiger partial charge in [-0.25, -0.2) is 13.1 Å². The Hall–Kier alpha value is -2.42. The first-order chi connectivity index (χ1) is 14.8. The van der Waals surface area contributed by atoms with Crippen LogP contribution in [0.4, 0.5) is 0 Å². The van der Waals surface area contributed by atoms with Gasteiger partial charge in [-0.2, -0.15) is 0 Å². The molecule has 1 heterocycles. The molecular weight excluding hydrogens is 438 g/mol. The summed E-state index contributed by atoms with van der Waals surface area (Å²) in [5, 5.41) is 0.132. The summed E-state index contributed by atoms with van der Waals surface area (Å²) in [6.45, 7) is 3.91. The molecule has 2 amide bonds. The molecule has 3 rings (SSSR count). The van der Waals surface area contributed by atoms with E-state index >= 15 is 0 Å². The van der Waals surface area contributed by atoms with Crippen molar-refractivity contribution >= 4 is 33.4 Å². The standard InChI is InChI=1S/C22H26ClN3O4S/c1-17-6-4-7-18(16-17)22(28)26-13-5-12-25(14-15-26)21(27)10-11-24-31(29,30)20-9-3-2-8-19(20)23/h2-4,6-9,16,24H,5,10-15H2,1H3. The molecule has 0 saturated carbocycles. The predicted molar refractivity (Wildman–Crippen MR) is 120 cm³/mol. The van der Waals surface area contributed by atoms with Gasteiger partial charge in [0.15, 0.2) is 0 Å². The molecule has 0 spiro atoms. The van der Waals surface area contributed by atoms with Gasteiger partial charge in [0.2, 0.25) is 15.9 Å². The predicted octanol–water partition coefficient (Wildman–Crippen LogP) is 2.69. The monoisotopic (exact) mass is 463 g/mol. The molecule has 9 heteroatoms. The summed E-state index contributed by atoms with van der Waals surface area (Å²) in [5.74, 6) is -0.183. The van der Waals surface area contributed by atoms with Crippen LogP contribution in [0.1, 0.15) is 28.8 Å². The number of nitrogens with one attached hydrogen (secondary N) is 1. The number of hydrogen-bond acceptors (Lipinski definition) is 4. The van der Waals surface area contributed by atoms with Crippen LogP contribution in [0.2, 0.25) is 5.02 Å². The quantitative estimate of drug-likeness (QED) is 0.713. The highest BCUT2D eigenvalue weighted by Gasteiger charge is 2.23. The number of carbonyl (C=O) groups is 2. The van der Waals surface area contributed by atoms with Crippen molar-refractivity contribution in [2.24, 2.45) is 0 Å². The van der Waals surface area contributed by atoms with E-state index in [1.807, 2.05) is 25.1 Å². The van der Waals surface area contributed by atoms with E-state index in [0.29, 0.717) is 38.2 Å². The average Bonchev–Trinajstić information content (AvgIpc) is 2.99. The molecule has 0 aromatic heterocycles. The molecule has 1 aliphatic rings. The van der Waals surface area contributed by atoms with E-state index in [1.165, 1.54) is 12.1 Å². The summed E-state index contributed by atoms with van der Waals surface area (Å²) < 4.78 is 27.2. The van der Waals surface area contributed by atoms with Crippen LogP contribution < -0.4 is 4.72 Å². The summed E-state index contributed by atoms with van der Waals surface area (Å²) in [4.78, 5) is 28.8.